The summed E-state index contributed by atoms with van der Waals surface area (Å²) in [5, 5.41) is 17.0. The average molecular weight is 290 g/mol. The van der Waals surface area contributed by atoms with E-state index in [0.717, 1.165) is 0 Å². The van der Waals surface area contributed by atoms with Crippen LogP contribution in [0.3, 0.4) is 0 Å². The zero-order chi connectivity index (χ0) is 14.7. The molecule has 0 unspecified atom stereocenters. The van der Waals surface area contributed by atoms with Crippen LogP contribution in [0.4, 0.5) is 8.78 Å². The number of aliphatic hydroxyl groups is 1. The first-order valence-electron chi connectivity index (χ1n) is 5.21. The van der Waals surface area contributed by atoms with Gasteiger partial charge in [-0.15, -0.1) is 0 Å². The maximum absolute atomic E-state index is 12.8. The van der Waals surface area contributed by atoms with Crippen molar-refractivity contribution in [2.24, 2.45) is 0 Å². The summed E-state index contributed by atoms with van der Waals surface area (Å²) in [6.07, 6.45) is 0. The highest BCUT2D eigenvalue weighted by atomic mass is 32.2. The summed E-state index contributed by atoms with van der Waals surface area (Å²) in [4.78, 5) is -0.180. The lowest BCUT2D eigenvalue weighted by atomic mass is 10.2. The molecule has 0 heterocycles. The van der Waals surface area contributed by atoms with Gasteiger partial charge in [0.1, 0.15) is 6.61 Å². The second kappa shape index (κ2) is 5.61. The third-order valence-corrected chi connectivity index (χ3v) is 3.91. The van der Waals surface area contributed by atoms with E-state index in [1.807, 2.05) is 6.07 Å². The fourth-order valence-electron chi connectivity index (χ4n) is 1.35. The van der Waals surface area contributed by atoms with Gasteiger partial charge in [0, 0.05) is 0 Å². The van der Waals surface area contributed by atoms with Gasteiger partial charge >= 0.3 is 0 Å². The van der Waals surface area contributed by atoms with Crippen molar-refractivity contribution >= 4 is 10.0 Å². The minimum absolute atomic E-state index is 0.180. The molecule has 0 saturated heterocycles. The van der Waals surface area contributed by atoms with E-state index in [1.165, 1.54) is 25.1 Å². The van der Waals surface area contributed by atoms with Crippen LogP contribution in [0.1, 0.15) is 11.1 Å². The van der Waals surface area contributed by atoms with E-state index >= 15 is 0 Å². The maximum atomic E-state index is 12.8. The summed E-state index contributed by atoms with van der Waals surface area (Å²) in [6.45, 7) is -1.17. The minimum Gasteiger partial charge on any atom is -0.390 e. The zero-order valence-corrected chi connectivity index (χ0v) is 10.8. The topological polar surface area (TPSA) is 90.2 Å². The summed E-state index contributed by atoms with van der Waals surface area (Å²) in [5.74, 6) is -3.52. The standard InChI is InChI=1S/C11H12F2N2O3S/c1-8-4-9(5-14)2-3-10(8)19(17,18)15-6-11(12,13)7-16/h2-4,15-16H,6-7H2,1H3. The van der Waals surface area contributed by atoms with Gasteiger partial charge < -0.3 is 5.11 Å². The lowest BCUT2D eigenvalue weighted by Crippen LogP contribution is -2.39. The number of nitrogens with one attached hydrogen (secondary N) is 1. The molecule has 0 aliphatic carbocycles. The van der Waals surface area contributed by atoms with E-state index < -0.39 is 29.1 Å². The van der Waals surface area contributed by atoms with Gasteiger partial charge in [-0.2, -0.15) is 5.26 Å². The van der Waals surface area contributed by atoms with Gasteiger partial charge in [0.2, 0.25) is 10.0 Å². The number of aliphatic hydroxyl groups excluding tert-OH is 1. The van der Waals surface area contributed by atoms with Crippen LogP contribution >= 0.6 is 0 Å². The fourth-order valence-corrected chi connectivity index (χ4v) is 2.64. The molecule has 8 heteroatoms. The number of hydrogen-bond donors (Lipinski definition) is 2. The van der Waals surface area contributed by atoms with Crippen molar-refractivity contribution in [3.63, 3.8) is 0 Å². The predicted molar refractivity (Wildman–Crippen MR) is 63.1 cm³/mol. The molecular weight excluding hydrogens is 278 g/mol. The SMILES string of the molecule is Cc1cc(C#N)ccc1S(=O)(=O)NCC(F)(F)CO. The molecule has 0 radical (unpaired) electrons. The van der Waals surface area contributed by atoms with Crippen molar-refractivity contribution in [1.29, 1.82) is 5.26 Å². The van der Waals surface area contributed by atoms with Crippen molar-refractivity contribution in [1.82, 2.24) is 4.72 Å². The summed E-state index contributed by atoms with van der Waals surface area (Å²) in [5.41, 5.74) is 0.552. The van der Waals surface area contributed by atoms with E-state index in [0.29, 0.717) is 0 Å². The number of halogens is 2. The van der Waals surface area contributed by atoms with Crippen LogP contribution in [0, 0.1) is 18.3 Å². The van der Waals surface area contributed by atoms with Crippen LogP contribution in [0.25, 0.3) is 0 Å². The van der Waals surface area contributed by atoms with Crippen molar-refractivity contribution < 1.29 is 22.3 Å². The van der Waals surface area contributed by atoms with Crippen LogP contribution in [0.2, 0.25) is 0 Å². The summed E-state index contributed by atoms with van der Waals surface area (Å²) >= 11 is 0. The van der Waals surface area contributed by atoms with E-state index in [9.17, 15) is 17.2 Å². The predicted octanol–water partition coefficient (Wildman–Crippen LogP) is 0.773. The quantitative estimate of drug-likeness (QED) is 0.838. The molecule has 2 N–H and O–H groups in total. The largest absolute Gasteiger partial charge is 0.390 e. The first-order chi connectivity index (χ1) is 8.72. The van der Waals surface area contributed by atoms with Crippen LogP contribution in [-0.2, 0) is 10.0 Å². The Hall–Kier alpha value is -1.56. The molecule has 0 saturated carbocycles. The fraction of sp³-hybridized carbons (Fsp3) is 0.364. The monoisotopic (exact) mass is 290 g/mol. The normalized spacial score (nSPS) is 12.2. The van der Waals surface area contributed by atoms with Gasteiger partial charge in [-0.1, -0.05) is 0 Å². The van der Waals surface area contributed by atoms with Gasteiger partial charge in [-0.3, -0.25) is 0 Å². The molecule has 0 amide bonds. The summed E-state index contributed by atoms with van der Waals surface area (Å²) < 4.78 is 50.9. The Morgan fingerprint density at radius 1 is 1.47 bits per heavy atom. The van der Waals surface area contributed by atoms with Crippen LogP contribution in [0.15, 0.2) is 23.1 Å². The van der Waals surface area contributed by atoms with E-state index in [4.69, 9.17) is 10.4 Å². The Labute approximate surface area is 109 Å². The number of rotatable bonds is 5. The summed E-state index contributed by atoms with van der Waals surface area (Å²) in [6, 6.07) is 5.65. The Kier molecular flexibility index (Phi) is 4.57. The van der Waals surface area contributed by atoms with E-state index in [2.05, 4.69) is 0 Å². The number of benzene rings is 1. The van der Waals surface area contributed by atoms with E-state index in [-0.39, 0.29) is 16.0 Å². The molecule has 5 nitrogen and oxygen atoms in total. The molecule has 0 bridgehead atoms. The number of alkyl halides is 2. The zero-order valence-electron chi connectivity index (χ0n) is 10.0. The second-order valence-corrected chi connectivity index (χ2v) is 5.67. The van der Waals surface area contributed by atoms with Gasteiger partial charge in [0.05, 0.1) is 23.1 Å². The third kappa shape index (κ3) is 3.96. The van der Waals surface area contributed by atoms with Crippen LogP contribution < -0.4 is 4.72 Å². The molecule has 0 spiro atoms. The highest BCUT2D eigenvalue weighted by molar-refractivity contribution is 7.89. The molecule has 0 fully saturated rings. The Morgan fingerprint density at radius 3 is 2.58 bits per heavy atom. The average Bonchev–Trinajstić information content (AvgIpc) is 2.36. The number of hydrogen-bond acceptors (Lipinski definition) is 4. The van der Waals surface area contributed by atoms with Crippen molar-refractivity contribution in [2.45, 2.75) is 17.7 Å². The molecule has 0 aromatic heterocycles. The highest BCUT2D eigenvalue weighted by Crippen LogP contribution is 2.18. The Bertz CT molecular complexity index is 609. The van der Waals surface area contributed by atoms with Crippen molar-refractivity contribution in [2.75, 3.05) is 13.2 Å². The lowest BCUT2D eigenvalue weighted by molar-refractivity contribution is -0.0437. The molecule has 1 rings (SSSR count). The second-order valence-electron chi connectivity index (χ2n) is 3.93. The smallest absolute Gasteiger partial charge is 0.283 e. The van der Waals surface area contributed by atoms with Gasteiger partial charge in [0.15, 0.2) is 0 Å². The molecule has 1 aromatic rings. The van der Waals surface area contributed by atoms with E-state index in [1.54, 1.807) is 4.72 Å². The van der Waals surface area contributed by atoms with Crippen LogP contribution in [-0.4, -0.2) is 32.6 Å². The van der Waals surface area contributed by atoms with Crippen LogP contribution in [0.5, 0.6) is 0 Å². The first kappa shape index (κ1) is 15.5. The minimum atomic E-state index is -4.11. The Morgan fingerprint density at radius 2 is 2.11 bits per heavy atom. The number of nitriles is 1. The molecule has 1 aromatic carbocycles. The maximum Gasteiger partial charge on any atom is 0.283 e. The molecule has 0 atom stereocenters. The van der Waals surface area contributed by atoms with Crippen molar-refractivity contribution in [3.8, 4) is 6.07 Å². The number of sulfonamides is 1. The molecular formula is C11H12F2N2O3S. The first-order valence-corrected chi connectivity index (χ1v) is 6.69. The Balaban J connectivity index is 2.99. The third-order valence-electron chi connectivity index (χ3n) is 2.35. The lowest BCUT2D eigenvalue weighted by Gasteiger charge is -2.15. The number of nitrogens with zero attached hydrogens (tertiary/aromatic N) is 1. The summed E-state index contributed by atoms with van der Waals surface area (Å²) in [7, 11) is -4.11. The highest BCUT2D eigenvalue weighted by Gasteiger charge is 2.30. The molecule has 19 heavy (non-hydrogen) atoms. The molecule has 104 valence electrons. The number of aryl methyl sites for hydroxylation is 1. The van der Waals surface area contributed by atoms with Crippen molar-refractivity contribution in [3.05, 3.63) is 29.3 Å². The van der Waals surface area contributed by atoms with Gasteiger partial charge in [0.25, 0.3) is 5.92 Å². The molecule has 0 aliphatic heterocycles. The van der Waals surface area contributed by atoms with Gasteiger partial charge in [-0.25, -0.2) is 21.9 Å². The van der Waals surface area contributed by atoms with Gasteiger partial charge in [-0.05, 0) is 30.7 Å². The molecule has 0 aliphatic rings.